The summed E-state index contributed by atoms with van der Waals surface area (Å²) in [5.74, 6) is 0.384. The van der Waals surface area contributed by atoms with Crippen LogP contribution < -0.4 is 20.5 Å². The zero-order valence-electron chi connectivity index (χ0n) is 20.4. The number of ether oxygens (including phenoxy) is 2. The molecule has 1 aliphatic rings. The van der Waals surface area contributed by atoms with E-state index < -0.39 is 0 Å². The van der Waals surface area contributed by atoms with Gasteiger partial charge in [-0.2, -0.15) is 5.10 Å². The number of anilines is 2. The van der Waals surface area contributed by atoms with Crippen molar-refractivity contribution in [1.82, 2.24) is 9.78 Å². The maximum atomic E-state index is 12.9. The largest absolute Gasteiger partial charge is 0.484 e. The number of aryl methyl sites for hydroxylation is 2. The second kappa shape index (κ2) is 10.2. The number of rotatable bonds is 6. The van der Waals surface area contributed by atoms with Crippen LogP contribution in [-0.4, -0.2) is 48.6 Å². The van der Waals surface area contributed by atoms with Crippen molar-refractivity contribution in [2.24, 2.45) is 7.05 Å². The Morgan fingerprint density at radius 3 is 2.58 bits per heavy atom. The first-order chi connectivity index (χ1) is 17.5. The van der Waals surface area contributed by atoms with Crippen molar-refractivity contribution in [3.8, 4) is 17.0 Å². The summed E-state index contributed by atoms with van der Waals surface area (Å²) in [5, 5.41) is 8.95. The van der Waals surface area contributed by atoms with Crippen LogP contribution in [0.1, 0.15) is 5.56 Å². The van der Waals surface area contributed by atoms with Gasteiger partial charge < -0.3 is 19.7 Å². The summed E-state index contributed by atoms with van der Waals surface area (Å²) < 4.78 is 12.6. The molecule has 36 heavy (non-hydrogen) atoms. The molecule has 8 nitrogen and oxygen atoms in total. The van der Waals surface area contributed by atoms with E-state index in [1.165, 1.54) is 4.68 Å². The number of amides is 1. The molecule has 1 N–H and O–H groups in total. The van der Waals surface area contributed by atoms with Crippen molar-refractivity contribution < 1.29 is 14.3 Å². The van der Waals surface area contributed by atoms with Crippen LogP contribution in [0.5, 0.6) is 5.75 Å². The summed E-state index contributed by atoms with van der Waals surface area (Å²) in [6.45, 7) is 4.56. The highest BCUT2D eigenvalue weighted by molar-refractivity contribution is 5.99. The summed E-state index contributed by atoms with van der Waals surface area (Å²) in [6, 6.07) is 20.9. The van der Waals surface area contributed by atoms with Crippen LogP contribution in [-0.2, 0) is 16.6 Å². The fourth-order valence-corrected chi connectivity index (χ4v) is 4.42. The van der Waals surface area contributed by atoms with Gasteiger partial charge in [0, 0.05) is 31.1 Å². The lowest BCUT2D eigenvalue weighted by molar-refractivity contribution is -0.118. The maximum absolute atomic E-state index is 12.9. The highest BCUT2D eigenvalue weighted by Gasteiger charge is 2.19. The number of carbonyl (C=O) groups excluding carboxylic acids is 1. The minimum absolute atomic E-state index is 0.114. The van der Waals surface area contributed by atoms with E-state index in [0.29, 0.717) is 35.7 Å². The van der Waals surface area contributed by atoms with E-state index in [2.05, 4.69) is 15.3 Å². The molecule has 0 atom stereocenters. The molecule has 0 aliphatic carbocycles. The van der Waals surface area contributed by atoms with Crippen LogP contribution in [0.2, 0.25) is 0 Å². The lowest BCUT2D eigenvalue weighted by Crippen LogP contribution is -2.37. The molecule has 184 valence electrons. The fraction of sp³-hybridized carbons (Fsp3) is 0.250. The van der Waals surface area contributed by atoms with Gasteiger partial charge in [-0.25, -0.2) is 4.68 Å². The van der Waals surface area contributed by atoms with Crippen molar-refractivity contribution in [1.29, 1.82) is 0 Å². The first-order valence-corrected chi connectivity index (χ1v) is 11.9. The Kier molecular flexibility index (Phi) is 6.69. The average Bonchev–Trinajstić information content (AvgIpc) is 2.90. The third kappa shape index (κ3) is 4.94. The van der Waals surface area contributed by atoms with Gasteiger partial charge in [-0.05, 0) is 42.8 Å². The number of nitrogens with zero attached hydrogens (tertiary/aromatic N) is 3. The number of carbonyl (C=O) groups is 1. The minimum atomic E-state index is -0.263. The molecule has 1 aromatic heterocycles. The normalized spacial score (nSPS) is 13.6. The molecule has 0 saturated carbocycles. The molecule has 1 amide bonds. The molecule has 4 aromatic rings. The number of hydrogen-bond acceptors (Lipinski definition) is 6. The quantitative estimate of drug-likeness (QED) is 0.449. The van der Waals surface area contributed by atoms with Crippen molar-refractivity contribution in [2.45, 2.75) is 6.92 Å². The molecule has 0 radical (unpaired) electrons. The van der Waals surface area contributed by atoms with Gasteiger partial charge in [-0.15, -0.1) is 0 Å². The molecular weight excluding hydrogens is 456 g/mol. The zero-order chi connectivity index (χ0) is 25.1. The smallest absolute Gasteiger partial charge is 0.274 e. The van der Waals surface area contributed by atoms with Gasteiger partial charge in [0.15, 0.2) is 6.61 Å². The molecule has 0 spiro atoms. The van der Waals surface area contributed by atoms with Crippen molar-refractivity contribution >= 4 is 28.1 Å². The first-order valence-electron chi connectivity index (χ1n) is 11.9. The van der Waals surface area contributed by atoms with Crippen LogP contribution in [0.3, 0.4) is 0 Å². The predicted octanol–water partition coefficient (Wildman–Crippen LogP) is 3.76. The lowest BCUT2D eigenvalue weighted by atomic mass is 10.0. The molecule has 0 bridgehead atoms. The molecule has 1 aliphatic heterocycles. The van der Waals surface area contributed by atoms with Gasteiger partial charge in [-0.3, -0.25) is 9.59 Å². The third-order valence-corrected chi connectivity index (χ3v) is 6.21. The standard InChI is InChI=1S/C28H28N4O4/c1-19-6-5-7-21(16-19)36-18-26(33)29-24-17-20(10-11-25(24)32-12-14-35-15-13-32)27-22-8-3-4-9-23(22)28(34)31(2)30-27/h3-11,16-17H,12-15,18H2,1-2H3,(H,29,33). The first kappa shape index (κ1) is 23.6. The van der Waals surface area contributed by atoms with Gasteiger partial charge in [0.2, 0.25) is 0 Å². The Morgan fingerprint density at radius 1 is 1.03 bits per heavy atom. The Labute approximate surface area is 209 Å². The van der Waals surface area contributed by atoms with Gasteiger partial charge in [-0.1, -0.05) is 36.4 Å². The summed E-state index contributed by atoms with van der Waals surface area (Å²) in [6.07, 6.45) is 0. The molecule has 0 unspecified atom stereocenters. The van der Waals surface area contributed by atoms with Crippen molar-refractivity contribution in [2.75, 3.05) is 43.1 Å². The molecule has 1 saturated heterocycles. The second-order valence-corrected chi connectivity index (χ2v) is 8.81. The van der Waals surface area contributed by atoms with E-state index in [0.717, 1.165) is 35.3 Å². The SMILES string of the molecule is Cc1cccc(OCC(=O)Nc2cc(-c3nn(C)c(=O)c4ccccc34)ccc2N2CCOCC2)c1. The molecule has 5 rings (SSSR count). The number of nitrogens with one attached hydrogen (secondary N) is 1. The number of hydrogen-bond donors (Lipinski definition) is 1. The molecular formula is C28H28N4O4. The van der Waals surface area contributed by atoms with Gasteiger partial charge in [0.1, 0.15) is 5.75 Å². The van der Waals surface area contributed by atoms with Crippen LogP contribution in [0.4, 0.5) is 11.4 Å². The Hall–Kier alpha value is -4.17. The molecule has 8 heteroatoms. The summed E-state index contributed by atoms with van der Waals surface area (Å²) >= 11 is 0. The van der Waals surface area contributed by atoms with E-state index in [9.17, 15) is 9.59 Å². The van der Waals surface area contributed by atoms with Gasteiger partial charge >= 0.3 is 0 Å². The summed E-state index contributed by atoms with van der Waals surface area (Å²) in [5.41, 5.74) is 3.95. The summed E-state index contributed by atoms with van der Waals surface area (Å²) in [7, 11) is 1.64. The van der Waals surface area contributed by atoms with Crippen LogP contribution in [0, 0.1) is 6.92 Å². The molecule has 2 heterocycles. The topological polar surface area (TPSA) is 85.7 Å². The molecule has 1 fully saturated rings. The lowest BCUT2D eigenvalue weighted by Gasteiger charge is -2.31. The van der Waals surface area contributed by atoms with Gasteiger partial charge in [0.05, 0.1) is 35.7 Å². The number of aromatic nitrogens is 2. The van der Waals surface area contributed by atoms with E-state index in [1.54, 1.807) is 13.1 Å². The third-order valence-electron chi connectivity index (χ3n) is 6.21. The Balaban J connectivity index is 1.49. The molecule has 3 aromatic carbocycles. The van der Waals surface area contributed by atoms with E-state index >= 15 is 0 Å². The fourth-order valence-electron chi connectivity index (χ4n) is 4.42. The van der Waals surface area contributed by atoms with Crippen LogP contribution >= 0.6 is 0 Å². The van der Waals surface area contributed by atoms with Crippen molar-refractivity contribution in [3.63, 3.8) is 0 Å². The van der Waals surface area contributed by atoms with E-state index in [4.69, 9.17) is 9.47 Å². The maximum Gasteiger partial charge on any atom is 0.274 e. The second-order valence-electron chi connectivity index (χ2n) is 8.81. The highest BCUT2D eigenvalue weighted by atomic mass is 16.5. The number of fused-ring (bicyclic) bond motifs is 1. The monoisotopic (exact) mass is 484 g/mol. The Morgan fingerprint density at radius 2 is 1.81 bits per heavy atom. The highest BCUT2D eigenvalue weighted by Crippen LogP contribution is 2.33. The summed E-state index contributed by atoms with van der Waals surface area (Å²) in [4.78, 5) is 27.7. The van der Waals surface area contributed by atoms with E-state index in [1.807, 2.05) is 67.6 Å². The van der Waals surface area contributed by atoms with Crippen LogP contribution in [0.25, 0.3) is 22.0 Å². The minimum Gasteiger partial charge on any atom is -0.484 e. The average molecular weight is 485 g/mol. The Bertz CT molecular complexity index is 1470. The predicted molar refractivity (Wildman–Crippen MR) is 141 cm³/mol. The number of benzene rings is 3. The van der Waals surface area contributed by atoms with Crippen LogP contribution in [0.15, 0.2) is 71.5 Å². The van der Waals surface area contributed by atoms with Crippen molar-refractivity contribution in [3.05, 3.63) is 82.6 Å². The zero-order valence-corrected chi connectivity index (χ0v) is 20.4. The van der Waals surface area contributed by atoms with E-state index in [-0.39, 0.29) is 18.1 Å². The van der Waals surface area contributed by atoms with Gasteiger partial charge in [0.25, 0.3) is 11.5 Å². The number of morpholine rings is 1.